The highest BCUT2D eigenvalue weighted by Crippen LogP contribution is 2.45. The summed E-state index contributed by atoms with van der Waals surface area (Å²) in [5.74, 6) is 0.214. The first-order valence-corrected chi connectivity index (χ1v) is 7.30. The van der Waals surface area contributed by atoms with E-state index < -0.39 is 5.60 Å². The molecule has 2 aliphatic rings. The van der Waals surface area contributed by atoms with Gasteiger partial charge >= 0.3 is 0 Å². The molecule has 2 fully saturated rings. The van der Waals surface area contributed by atoms with Gasteiger partial charge in [0.05, 0.1) is 10.5 Å². The zero-order valence-electron chi connectivity index (χ0n) is 11.4. The summed E-state index contributed by atoms with van der Waals surface area (Å²) in [5.41, 5.74) is 0.597. The predicted molar refractivity (Wildman–Crippen MR) is 75.4 cm³/mol. The van der Waals surface area contributed by atoms with Gasteiger partial charge in [0.15, 0.2) is 0 Å². The Labute approximate surface area is 118 Å². The number of nitrogens with zero attached hydrogens (tertiary/aromatic N) is 1. The average Bonchev–Trinajstić information content (AvgIpc) is 2.46. The minimum absolute atomic E-state index is 0.106. The molecule has 1 aromatic rings. The van der Waals surface area contributed by atoms with E-state index in [1.807, 2.05) is 12.1 Å². The van der Waals surface area contributed by atoms with Crippen molar-refractivity contribution in [3.8, 4) is 0 Å². The van der Waals surface area contributed by atoms with Crippen molar-refractivity contribution >= 4 is 5.69 Å². The van der Waals surface area contributed by atoms with Gasteiger partial charge in [0.2, 0.25) is 0 Å². The number of nitrogens with one attached hydrogen (secondary N) is 1. The van der Waals surface area contributed by atoms with E-state index in [4.69, 9.17) is 0 Å². The Balaban J connectivity index is 1.86. The van der Waals surface area contributed by atoms with Crippen LogP contribution in [0.15, 0.2) is 24.3 Å². The number of fused-ring (bicyclic) bond motifs is 1. The van der Waals surface area contributed by atoms with Crippen LogP contribution in [0.5, 0.6) is 0 Å². The molecule has 1 aromatic carbocycles. The molecule has 0 aromatic heterocycles. The average molecular weight is 276 g/mol. The Bertz CT molecular complexity index is 498. The largest absolute Gasteiger partial charge is 0.389 e. The van der Waals surface area contributed by atoms with E-state index in [-0.39, 0.29) is 22.6 Å². The first-order chi connectivity index (χ1) is 9.60. The van der Waals surface area contributed by atoms with Gasteiger partial charge in [-0.3, -0.25) is 10.1 Å². The Morgan fingerprint density at radius 2 is 2.00 bits per heavy atom. The molecule has 1 aliphatic heterocycles. The second-order valence-corrected chi connectivity index (χ2v) is 5.99. The Hall–Kier alpha value is -1.46. The fraction of sp³-hybridized carbons (Fsp3) is 0.600. The maximum atomic E-state index is 10.8. The van der Waals surface area contributed by atoms with Crippen molar-refractivity contribution in [2.75, 3.05) is 6.54 Å². The number of hydrogen-bond donors (Lipinski definition) is 2. The summed E-state index contributed by atoms with van der Waals surface area (Å²) in [7, 11) is 0. The summed E-state index contributed by atoms with van der Waals surface area (Å²) in [4.78, 5) is 10.3. The molecule has 5 heteroatoms. The molecular formula is C15H20N2O3. The van der Waals surface area contributed by atoms with E-state index in [1.54, 1.807) is 12.1 Å². The number of piperidine rings is 1. The normalized spacial score (nSPS) is 33.5. The molecule has 2 N–H and O–H groups in total. The van der Waals surface area contributed by atoms with Crippen LogP contribution in [0.4, 0.5) is 5.69 Å². The summed E-state index contributed by atoms with van der Waals surface area (Å²) in [5, 5.41) is 25.0. The molecule has 1 heterocycles. The smallest absolute Gasteiger partial charge is 0.269 e. The molecule has 5 nitrogen and oxygen atoms in total. The summed E-state index contributed by atoms with van der Waals surface area (Å²) in [6.45, 7) is 0.800. The van der Waals surface area contributed by atoms with E-state index in [1.165, 1.54) is 0 Å². The van der Waals surface area contributed by atoms with Crippen LogP contribution in [0.3, 0.4) is 0 Å². The third-order valence-electron chi connectivity index (χ3n) is 4.85. The number of nitro benzene ring substituents is 1. The number of aliphatic hydroxyl groups is 1. The third kappa shape index (κ3) is 2.31. The first-order valence-electron chi connectivity index (χ1n) is 7.30. The van der Waals surface area contributed by atoms with Crippen molar-refractivity contribution in [2.24, 2.45) is 5.92 Å². The molecule has 1 aliphatic carbocycles. The Kier molecular flexibility index (Phi) is 3.48. The molecule has 108 valence electrons. The van der Waals surface area contributed by atoms with Gasteiger partial charge in [0.1, 0.15) is 0 Å². The lowest BCUT2D eigenvalue weighted by Crippen LogP contribution is -2.53. The molecule has 3 atom stereocenters. The van der Waals surface area contributed by atoms with Crippen molar-refractivity contribution < 1.29 is 10.0 Å². The Morgan fingerprint density at radius 1 is 1.25 bits per heavy atom. The van der Waals surface area contributed by atoms with Crippen LogP contribution in [0.2, 0.25) is 0 Å². The fourth-order valence-corrected chi connectivity index (χ4v) is 3.78. The number of non-ortho nitro benzene ring substituents is 1. The van der Waals surface area contributed by atoms with E-state index in [0.29, 0.717) is 0 Å². The van der Waals surface area contributed by atoms with E-state index >= 15 is 0 Å². The molecule has 3 rings (SSSR count). The fourth-order valence-electron chi connectivity index (χ4n) is 3.78. The molecule has 0 amide bonds. The first kappa shape index (κ1) is 13.5. The highest BCUT2D eigenvalue weighted by molar-refractivity contribution is 5.35. The van der Waals surface area contributed by atoms with Crippen molar-refractivity contribution in [1.29, 1.82) is 0 Å². The number of nitro groups is 1. The van der Waals surface area contributed by atoms with Gasteiger partial charge in [-0.2, -0.15) is 0 Å². The highest BCUT2D eigenvalue weighted by atomic mass is 16.6. The third-order valence-corrected chi connectivity index (χ3v) is 4.85. The maximum absolute atomic E-state index is 10.8. The molecule has 1 saturated carbocycles. The second-order valence-electron chi connectivity index (χ2n) is 5.99. The Morgan fingerprint density at radius 3 is 2.70 bits per heavy atom. The van der Waals surface area contributed by atoms with Crippen molar-refractivity contribution in [3.05, 3.63) is 39.9 Å². The van der Waals surface area contributed by atoms with Gasteiger partial charge < -0.3 is 10.4 Å². The van der Waals surface area contributed by atoms with Gasteiger partial charge in [0.25, 0.3) is 5.69 Å². The number of rotatable bonds is 2. The maximum Gasteiger partial charge on any atom is 0.269 e. The van der Waals surface area contributed by atoms with Crippen LogP contribution >= 0.6 is 0 Å². The number of benzene rings is 1. The lowest BCUT2D eigenvalue weighted by Gasteiger charge is -2.48. The molecular weight excluding hydrogens is 256 g/mol. The summed E-state index contributed by atoms with van der Waals surface area (Å²) in [6.07, 6.45) is 4.95. The molecule has 0 spiro atoms. The van der Waals surface area contributed by atoms with Gasteiger partial charge in [-0.1, -0.05) is 25.0 Å². The summed E-state index contributed by atoms with van der Waals surface area (Å²) >= 11 is 0. The van der Waals surface area contributed by atoms with Crippen LogP contribution in [0.25, 0.3) is 0 Å². The van der Waals surface area contributed by atoms with Crippen LogP contribution in [0, 0.1) is 16.0 Å². The van der Waals surface area contributed by atoms with Crippen LogP contribution in [-0.4, -0.2) is 22.2 Å². The minimum Gasteiger partial charge on any atom is -0.389 e. The monoisotopic (exact) mass is 276 g/mol. The van der Waals surface area contributed by atoms with Gasteiger partial charge in [0, 0.05) is 24.1 Å². The minimum atomic E-state index is -0.560. The molecule has 0 unspecified atom stereocenters. The van der Waals surface area contributed by atoms with Crippen molar-refractivity contribution in [3.63, 3.8) is 0 Å². The van der Waals surface area contributed by atoms with Crippen molar-refractivity contribution in [2.45, 2.75) is 43.7 Å². The van der Waals surface area contributed by atoms with Crippen LogP contribution < -0.4 is 5.32 Å². The molecule has 20 heavy (non-hydrogen) atoms. The van der Waals surface area contributed by atoms with E-state index in [0.717, 1.165) is 44.2 Å². The number of hydrogen-bond acceptors (Lipinski definition) is 4. The van der Waals surface area contributed by atoms with E-state index in [9.17, 15) is 15.2 Å². The predicted octanol–water partition coefficient (Wildman–Crippen LogP) is 2.55. The topological polar surface area (TPSA) is 75.4 Å². The van der Waals surface area contributed by atoms with Crippen molar-refractivity contribution in [1.82, 2.24) is 5.32 Å². The second kappa shape index (κ2) is 5.14. The standard InChI is InChI=1S/C15H20N2O3/c18-15-8-2-1-3-13(15)14(16-10-9-15)11-4-6-12(7-5-11)17(19)20/h4-7,13-14,16,18H,1-3,8-10H2/t13-,14+,15-/m1/s1. The zero-order chi connectivity index (χ0) is 14.2. The van der Waals surface area contributed by atoms with Gasteiger partial charge in [-0.15, -0.1) is 0 Å². The van der Waals surface area contributed by atoms with Gasteiger partial charge in [-0.05, 0) is 31.4 Å². The van der Waals surface area contributed by atoms with Crippen LogP contribution in [0.1, 0.15) is 43.7 Å². The quantitative estimate of drug-likeness (QED) is 0.643. The zero-order valence-corrected chi connectivity index (χ0v) is 11.4. The highest BCUT2D eigenvalue weighted by Gasteiger charge is 2.45. The lowest BCUT2D eigenvalue weighted by molar-refractivity contribution is -0.384. The van der Waals surface area contributed by atoms with Gasteiger partial charge in [-0.25, -0.2) is 0 Å². The summed E-state index contributed by atoms with van der Waals surface area (Å²) in [6, 6.07) is 6.84. The molecule has 0 bridgehead atoms. The van der Waals surface area contributed by atoms with Crippen LogP contribution in [-0.2, 0) is 0 Å². The van der Waals surface area contributed by atoms with E-state index in [2.05, 4.69) is 5.32 Å². The summed E-state index contributed by atoms with van der Waals surface area (Å²) < 4.78 is 0. The lowest BCUT2D eigenvalue weighted by atomic mass is 9.67. The molecule has 0 radical (unpaired) electrons. The molecule has 1 saturated heterocycles. The SMILES string of the molecule is O=[N+]([O-])c1ccc([C@@H]2NCC[C@]3(O)CCCC[C@H]23)cc1.